The van der Waals surface area contributed by atoms with Gasteiger partial charge in [0.15, 0.2) is 0 Å². The fraction of sp³-hybridized carbons (Fsp3) is 0.294. The third-order valence-corrected chi connectivity index (χ3v) is 4.05. The Hall–Kier alpha value is -1.12. The van der Waals surface area contributed by atoms with E-state index in [1.165, 1.54) is 23.1 Å². The minimum absolute atomic E-state index is 0.229. The zero-order valence-electron chi connectivity index (χ0n) is 11.5. The lowest BCUT2D eigenvalue weighted by Gasteiger charge is -2.19. The number of benzene rings is 2. The normalized spacial score (nSPS) is 12.4. The molecule has 0 spiro atoms. The Bertz CT molecular complexity index is 536. The summed E-state index contributed by atoms with van der Waals surface area (Å²) in [5.41, 5.74) is 4.01. The number of aryl methyl sites for hydroxylation is 1. The molecule has 0 aliphatic rings. The molecule has 0 saturated carbocycles. The first kappa shape index (κ1) is 14.3. The summed E-state index contributed by atoms with van der Waals surface area (Å²) in [4.78, 5) is 0. The summed E-state index contributed by atoms with van der Waals surface area (Å²) in [6.07, 6.45) is 2.32. The van der Waals surface area contributed by atoms with Crippen molar-refractivity contribution in [1.82, 2.24) is 5.32 Å². The Balaban J connectivity index is 2.37. The fourth-order valence-corrected chi connectivity index (χ4v) is 2.94. The van der Waals surface area contributed by atoms with Gasteiger partial charge in [-0.3, -0.25) is 0 Å². The maximum atomic E-state index is 3.64. The quantitative estimate of drug-likeness (QED) is 0.842. The molecule has 0 aliphatic heterocycles. The molecule has 1 N–H and O–H groups in total. The molecule has 2 rings (SSSR count). The fourth-order valence-electron chi connectivity index (χ4n) is 2.43. The second-order valence-corrected chi connectivity index (χ2v) is 5.59. The zero-order valence-corrected chi connectivity index (χ0v) is 13.1. The molecule has 0 fully saturated rings. The van der Waals surface area contributed by atoms with Crippen molar-refractivity contribution < 1.29 is 0 Å². The molecular formula is C17H20BrN. The van der Waals surface area contributed by atoms with Gasteiger partial charge in [0.2, 0.25) is 0 Å². The molecule has 1 atom stereocenters. The average molecular weight is 318 g/mol. The van der Waals surface area contributed by atoms with E-state index >= 15 is 0 Å². The van der Waals surface area contributed by atoms with Crippen molar-refractivity contribution in [1.29, 1.82) is 0 Å². The average Bonchev–Trinajstić information content (AvgIpc) is 2.43. The first-order valence-electron chi connectivity index (χ1n) is 6.76. The molecule has 2 heteroatoms. The van der Waals surface area contributed by atoms with Gasteiger partial charge in [0.05, 0.1) is 6.04 Å². The first-order valence-corrected chi connectivity index (χ1v) is 7.56. The summed E-state index contributed by atoms with van der Waals surface area (Å²) in [5.74, 6) is 0. The topological polar surface area (TPSA) is 12.0 Å². The Morgan fingerprint density at radius 1 is 1.11 bits per heavy atom. The lowest BCUT2D eigenvalue weighted by atomic mass is 9.96. The van der Waals surface area contributed by atoms with Crippen molar-refractivity contribution in [3.63, 3.8) is 0 Å². The third kappa shape index (κ3) is 3.46. The molecule has 1 unspecified atom stereocenters. The van der Waals surface area contributed by atoms with Crippen molar-refractivity contribution in [2.75, 3.05) is 7.05 Å². The molecule has 0 bridgehead atoms. The SMILES string of the molecule is CCCc1cccc(C(NC)c2ccccc2Br)c1. The van der Waals surface area contributed by atoms with E-state index in [-0.39, 0.29) is 6.04 Å². The van der Waals surface area contributed by atoms with Crippen molar-refractivity contribution in [3.05, 3.63) is 69.7 Å². The Labute approximate surface area is 124 Å². The van der Waals surface area contributed by atoms with E-state index in [2.05, 4.69) is 70.6 Å². The molecule has 0 radical (unpaired) electrons. The van der Waals surface area contributed by atoms with E-state index in [1.54, 1.807) is 0 Å². The first-order chi connectivity index (χ1) is 9.26. The van der Waals surface area contributed by atoms with Gasteiger partial charge in [0.1, 0.15) is 0 Å². The van der Waals surface area contributed by atoms with E-state index in [1.807, 2.05) is 13.1 Å². The molecule has 0 heterocycles. The molecule has 0 aromatic heterocycles. The molecule has 0 aliphatic carbocycles. The molecule has 2 aromatic carbocycles. The van der Waals surface area contributed by atoms with Crippen molar-refractivity contribution in [2.45, 2.75) is 25.8 Å². The van der Waals surface area contributed by atoms with E-state index < -0.39 is 0 Å². The highest BCUT2D eigenvalue weighted by Crippen LogP contribution is 2.28. The molecular weight excluding hydrogens is 298 g/mol. The highest BCUT2D eigenvalue weighted by atomic mass is 79.9. The lowest BCUT2D eigenvalue weighted by Crippen LogP contribution is -2.18. The molecule has 19 heavy (non-hydrogen) atoms. The lowest BCUT2D eigenvalue weighted by molar-refractivity contribution is 0.687. The van der Waals surface area contributed by atoms with E-state index in [0.29, 0.717) is 0 Å². The highest BCUT2D eigenvalue weighted by Gasteiger charge is 2.14. The Kier molecular flexibility index (Phi) is 5.17. The van der Waals surface area contributed by atoms with Gasteiger partial charge < -0.3 is 5.32 Å². The standard InChI is InChI=1S/C17H20BrN/c1-3-7-13-8-6-9-14(12-13)17(19-2)15-10-4-5-11-16(15)18/h4-6,8-12,17,19H,3,7H2,1-2H3. The summed E-state index contributed by atoms with van der Waals surface area (Å²) in [6.45, 7) is 2.22. The van der Waals surface area contributed by atoms with Crippen molar-refractivity contribution >= 4 is 15.9 Å². The highest BCUT2D eigenvalue weighted by molar-refractivity contribution is 9.10. The van der Waals surface area contributed by atoms with Gasteiger partial charge in [0.25, 0.3) is 0 Å². The van der Waals surface area contributed by atoms with Gasteiger partial charge in [-0.05, 0) is 36.2 Å². The Morgan fingerprint density at radius 3 is 2.58 bits per heavy atom. The van der Waals surface area contributed by atoms with Crippen LogP contribution in [0.25, 0.3) is 0 Å². The molecule has 1 nitrogen and oxygen atoms in total. The summed E-state index contributed by atoms with van der Waals surface area (Å²) < 4.78 is 1.15. The van der Waals surface area contributed by atoms with Gasteiger partial charge in [0, 0.05) is 4.47 Å². The largest absolute Gasteiger partial charge is 0.309 e. The van der Waals surface area contributed by atoms with Crippen LogP contribution in [-0.2, 0) is 6.42 Å². The van der Waals surface area contributed by atoms with Crippen molar-refractivity contribution in [3.8, 4) is 0 Å². The van der Waals surface area contributed by atoms with Crippen LogP contribution in [0.1, 0.15) is 36.1 Å². The number of halogens is 1. The van der Waals surface area contributed by atoms with Crippen LogP contribution in [0.5, 0.6) is 0 Å². The maximum absolute atomic E-state index is 3.64. The van der Waals surface area contributed by atoms with Crippen LogP contribution in [0.3, 0.4) is 0 Å². The van der Waals surface area contributed by atoms with Crippen molar-refractivity contribution in [2.24, 2.45) is 0 Å². The number of nitrogens with one attached hydrogen (secondary N) is 1. The van der Waals surface area contributed by atoms with Gasteiger partial charge in [-0.1, -0.05) is 71.7 Å². The van der Waals surface area contributed by atoms with E-state index in [9.17, 15) is 0 Å². The van der Waals surface area contributed by atoms with Gasteiger partial charge in [-0.15, -0.1) is 0 Å². The van der Waals surface area contributed by atoms with Gasteiger partial charge in [-0.2, -0.15) is 0 Å². The van der Waals surface area contributed by atoms with Crippen LogP contribution in [0.2, 0.25) is 0 Å². The van der Waals surface area contributed by atoms with Gasteiger partial charge >= 0.3 is 0 Å². The number of rotatable bonds is 5. The number of hydrogen-bond donors (Lipinski definition) is 1. The van der Waals surface area contributed by atoms with E-state index in [4.69, 9.17) is 0 Å². The van der Waals surface area contributed by atoms with Crippen LogP contribution in [0.15, 0.2) is 53.0 Å². The molecule has 100 valence electrons. The second-order valence-electron chi connectivity index (χ2n) is 4.74. The van der Waals surface area contributed by atoms with Gasteiger partial charge in [-0.25, -0.2) is 0 Å². The summed E-state index contributed by atoms with van der Waals surface area (Å²) in [7, 11) is 2.01. The number of hydrogen-bond acceptors (Lipinski definition) is 1. The predicted molar refractivity (Wildman–Crippen MR) is 85.5 cm³/mol. The van der Waals surface area contributed by atoms with Crippen LogP contribution < -0.4 is 5.32 Å². The summed E-state index contributed by atoms with van der Waals surface area (Å²) in [6, 6.07) is 17.5. The van der Waals surface area contributed by atoms with Crippen LogP contribution in [-0.4, -0.2) is 7.05 Å². The van der Waals surface area contributed by atoms with Crippen LogP contribution in [0.4, 0.5) is 0 Å². The second kappa shape index (κ2) is 6.88. The molecule has 0 amide bonds. The van der Waals surface area contributed by atoms with E-state index in [0.717, 1.165) is 10.9 Å². The molecule has 0 saturated heterocycles. The third-order valence-electron chi connectivity index (χ3n) is 3.33. The minimum atomic E-state index is 0.229. The molecule has 2 aromatic rings. The monoisotopic (exact) mass is 317 g/mol. The maximum Gasteiger partial charge on any atom is 0.0585 e. The summed E-state index contributed by atoms with van der Waals surface area (Å²) in [5, 5.41) is 3.41. The Morgan fingerprint density at radius 2 is 1.89 bits per heavy atom. The minimum Gasteiger partial charge on any atom is -0.309 e. The smallest absolute Gasteiger partial charge is 0.0585 e. The summed E-state index contributed by atoms with van der Waals surface area (Å²) >= 11 is 3.64. The predicted octanol–water partition coefficient (Wildman–Crippen LogP) is 4.71. The zero-order chi connectivity index (χ0) is 13.7. The van der Waals surface area contributed by atoms with Crippen LogP contribution in [0, 0.1) is 0 Å². The van der Waals surface area contributed by atoms with Crippen LogP contribution >= 0.6 is 15.9 Å².